The molecule has 0 aliphatic carbocycles. The molecule has 126 valence electrons. The minimum atomic E-state index is -0.331. The average Bonchev–Trinajstić information content (AvgIpc) is 3.04. The Hall–Kier alpha value is -2.08. The van der Waals surface area contributed by atoms with Crippen molar-refractivity contribution in [3.05, 3.63) is 35.9 Å². The van der Waals surface area contributed by atoms with E-state index in [1.807, 2.05) is 37.3 Å². The van der Waals surface area contributed by atoms with Crippen LogP contribution in [0, 0.1) is 11.8 Å². The number of hydrogen-bond acceptors (Lipinski definition) is 3. The molecule has 6 heteroatoms. The van der Waals surface area contributed by atoms with Gasteiger partial charge in [-0.15, -0.1) is 0 Å². The molecule has 1 heterocycles. The summed E-state index contributed by atoms with van der Waals surface area (Å²) in [4.78, 5) is 24.8. The van der Waals surface area contributed by atoms with Crippen molar-refractivity contribution in [3.63, 3.8) is 0 Å². The highest BCUT2D eigenvalue weighted by Crippen LogP contribution is 2.15. The van der Waals surface area contributed by atoms with Crippen molar-refractivity contribution >= 4 is 11.9 Å². The van der Waals surface area contributed by atoms with E-state index >= 15 is 0 Å². The summed E-state index contributed by atoms with van der Waals surface area (Å²) < 4.78 is 5.66. The van der Waals surface area contributed by atoms with Gasteiger partial charge in [0.05, 0.1) is 19.1 Å². The Kier molecular flexibility index (Phi) is 6.40. The Balaban J connectivity index is 1.61. The van der Waals surface area contributed by atoms with Gasteiger partial charge in [0.2, 0.25) is 5.91 Å². The molecule has 1 aromatic rings. The van der Waals surface area contributed by atoms with E-state index in [0.717, 1.165) is 5.56 Å². The van der Waals surface area contributed by atoms with Crippen molar-refractivity contribution in [3.8, 4) is 0 Å². The Morgan fingerprint density at radius 2 is 2.13 bits per heavy atom. The van der Waals surface area contributed by atoms with Gasteiger partial charge in [-0.05, 0) is 17.9 Å². The molecule has 3 N–H and O–H groups in total. The fourth-order valence-corrected chi connectivity index (χ4v) is 2.56. The number of amides is 3. The van der Waals surface area contributed by atoms with Gasteiger partial charge in [0.25, 0.3) is 0 Å². The van der Waals surface area contributed by atoms with Gasteiger partial charge in [-0.1, -0.05) is 37.3 Å². The molecule has 2 rings (SSSR count). The number of primary amides is 1. The number of nitrogens with two attached hydrogens (primary N) is 1. The molecule has 3 amide bonds. The van der Waals surface area contributed by atoms with Crippen molar-refractivity contribution in [2.45, 2.75) is 20.0 Å². The van der Waals surface area contributed by atoms with Gasteiger partial charge in [0, 0.05) is 19.6 Å². The monoisotopic (exact) mass is 319 g/mol. The highest BCUT2D eigenvalue weighted by Gasteiger charge is 2.29. The summed E-state index contributed by atoms with van der Waals surface area (Å²) in [5.74, 6) is -0.326. The number of likely N-dealkylation sites (tertiary alicyclic amines) is 1. The number of carbonyl (C=O) groups excluding carboxylic acids is 2. The summed E-state index contributed by atoms with van der Waals surface area (Å²) in [6, 6.07) is 9.85. The first-order chi connectivity index (χ1) is 11.1. The smallest absolute Gasteiger partial charge is 0.317 e. The maximum absolute atomic E-state index is 12.0. The van der Waals surface area contributed by atoms with E-state index in [0.29, 0.717) is 39.3 Å². The maximum Gasteiger partial charge on any atom is 0.317 e. The molecule has 23 heavy (non-hydrogen) atoms. The third-order valence-corrected chi connectivity index (χ3v) is 3.99. The maximum atomic E-state index is 12.0. The largest absolute Gasteiger partial charge is 0.376 e. The Bertz CT molecular complexity index is 521. The Morgan fingerprint density at radius 3 is 2.78 bits per heavy atom. The molecule has 0 radical (unpaired) electrons. The fourth-order valence-electron chi connectivity index (χ4n) is 2.56. The fraction of sp³-hybridized carbons (Fsp3) is 0.529. The van der Waals surface area contributed by atoms with Crippen LogP contribution in [-0.2, 0) is 16.1 Å². The first kappa shape index (κ1) is 17.3. The van der Waals surface area contributed by atoms with Gasteiger partial charge in [-0.25, -0.2) is 4.79 Å². The zero-order valence-electron chi connectivity index (χ0n) is 13.5. The second-order valence-electron chi connectivity index (χ2n) is 6.13. The van der Waals surface area contributed by atoms with E-state index in [9.17, 15) is 9.59 Å². The predicted octanol–water partition coefficient (Wildman–Crippen LogP) is 1.36. The molecular weight excluding hydrogens is 294 g/mol. The zero-order chi connectivity index (χ0) is 16.7. The topological polar surface area (TPSA) is 84.7 Å². The van der Waals surface area contributed by atoms with Crippen molar-refractivity contribution in [1.82, 2.24) is 10.2 Å². The average molecular weight is 319 g/mol. The minimum absolute atomic E-state index is 0.136. The lowest BCUT2D eigenvalue weighted by Crippen LogP contribution is -2.41. The van der Waals surface area contributed by atoms with E-state index in [1.165, 1.54) is 0 Å². The highest BCUT2D eigenvalue weighted by molar-refractivity contribution is 5.80. The van der Waals surface area contributed by atoms with Gasteiger partial charge < -0.3 is 20.7 Å². The van der Waals surface area contributed by atoms with Crippen LogP contribution < -0.4 is 11.1 Å². The van der Waals surface area contributed by atoms with Crippen LogP contribution in [-0.4, -0.2) is 43.1 Å². The number of urea groups is 1. The van der Waals surface area contributed by atoms with E-state index < -0.39 is 0 Å². The summed E-state index contributed by atoms with van der Waals surface area (Å²) >= 11 is 0. The molecule has 1 saturated heterocycles. The van der Waals surface area contributed by atoms with Gasteiger partial charge in [0.15, 0.2) is 0 Å². The van der Waals surface area contributed by atoms with Crippen molar-refractivity contribution in [1.29, 1.82) is 0 Å². The van der Waals surface area contributed by atoms with Crippen molar-refractivity contribution < 1.29 is 14.3 Å². The number of rotatable bonds is 7. The molecule has 1 aromatic carbocycles. The molecular formula is C17H25N3O3. The van der Waals surface area contributed by atoms with Crippen molar-refractivity contribution in [2.24, 2.45) is 17.6 Å². The lowest BCUT2D eigenvalue weighted by Gasteiger charge is -2.19. The van der Waals surface area contributed by atoms with Gasteiger partial charge >= 0.3 is 6.03 Å². The van der Waals surface area contributed by atoms with E-state index in [-0.39, 0.29) is 23.8 Å². The summed E-state index contributed by atoms with van der Waals surface area (Å²) in [5, 5.41) is 2.89. The number of ether oxygens (including phenoxy) is 1. The molecule has 2 atom stereocenters. The van der Waals surface area contributed by atoms with E-state index in [4.69, 9.17) is 10.5 Å². The molecule has 0 bridgehead atoms. The molecule has 1 aliphatic rings. The molecule has 0 aromatic heterocycles. The SMILES string of the molecule is C[C@H](CNC(=O)N1CC[C@@H](C(N)=O)C1)COCc1ccccc1. The second kappa shape index (κ2) is 8.53. The third kappa shape index (κ3) is 5.56. The molecule has 0 saturated carbocycles. The lowest BCUT2D eigenvalue weighted by atomic mass is 10.1. The van der Waals surface area contributed by atoms with Crippen LogP contribution in [0.5, 0.6) is 0 Å². The summed E-state index contributed by atoms with van der Waals surface area (Å²) in [7, 11) is 0. The minimum Gasteiger partial charge on any atom is -0.376 e. The third-order valence-electron chi connectivity index (χ3n) is 3.99. The molecule has 6 nitrogen and oxygen atoms in total. The predicted molar refractivity (Wildman–Crippen MR) is 87.5 cm³/mol. The van der Waals surface area contributed by atoms with E-state index in [1.54, 1.807) is 4.90 Å². The number of hydrogen-bond donors (Lipinski definition) is 2. The Labute approximate surface area is 137 Å². The molecule has 0 unspecified atom stereocenters. The van der Waals surface area contributed by atoms with Crippen LogP contribution in [0.25, 0.3) is 0 Å². The molecule has 1 fully saturated rings. The highest BCUT2D eigenvalue weighted by atomic mass is 16.5. The molecule has 1 aliphatic heterocycles. The first-order valence-electron chi connectivity index (χ1n) is 8.00. The van der Waals surface area contributed by atoms with Crippen LogP contribution in [0.15, 0.2) is 30.3 Å². The van der Waals surface area contributed by atoms with Crippen LogP contribution in [0.2, 0.25) is 0 Å². The quantitative estimate of drug-likeness (QED) is 0.796. The lowest BCUT2D eigenvalue weighted by molar-refractivity contribution is -0.121. The standard InChI is InChI=1S/C17H25N3O3/c1-13(11-23-12-14-5-3-2-4-6-14)9-19-17(22)20-8-7-15(10-20)16(18)21/h2-6,13,15H,7-12H2,1H3,(H2,18,21)(H,19,22)/t13-,15-/m1/s1. The van der Waals surface area contributed by atoms with Crippen LogP contribution in [0.3, 0.4) is 0 Å². The normalized spacial score (nSPS) is 18.7. The number of nitrogens with zero attached hydrogens (tertiary/aromatic N) is 1. The number of carbonyl (C=O) groups is 2. The number of benzene rings is 1. The van der Waals surface area contributed by atoms with Gasteiger partial charge in [-0.3, -0.25) is 4.79 Å². The summed E-state index contributed by atoms with van der Waals surface area (Å²) in [5.41, 5.74) is 6.41. The summed E-state index contributed by atoms with van der Waals surface area (Å²) in [6.45, 7) is 4.73. The Morgan fingerprint density at radius 1 is 1.39 bits per heavy atom. The molecule has 0 spiro atoms. The second-order valence-corrected chi connectivity index (χ2v) is 6.13. The van der Waals surface area contributed by atoms with E-state index in [2.05, 4.69) is 5.32 Å². The van der Waals surface area contributed by atoms with Crippen LogP contribution in [0.1, 0.15) is 18.9 Å². The van der Waals surface area contributed by atoms with Crippen LogP contribution >= 0.6 is 0 Å². The zero-order valence-corrected chi connectivity index (χ0v) is 13.5. The van der Waals surface area contributed by atoms with Crippen LogP contribution in [0.4, 0.5) is 4.79 Å². The first-order valence-corrected chi connectivity index (χ1v) is 8.00. The number of nitrogens with one attached hydrogen (secondary N) is 1. The van der Waals surface area contributed by atoms with Crippen molar-refractivity contribution in [2.75, 3.05) is 26.2 Å². The van der Waals surface area contributed by atoms with Gasteiger partial charge in [0.1, 0.15) is 0 Å². The van der Waals surface area contributed by atoms with Gasteiger partial charge in [-0.2, -0.15) is 0 Å². The summed E-state index contributed by atoms with van der Waals surface area (Å²) in [6.07, 6.45) is 0.651.